The van der Waals surface area contributed by atoms with Crippen LogP contribution in [0.3, 0.4) is 0 Å². The van der Waals surface area contributed by atoms with Crippen LogP contribution in [0.4, 0.5) is 11.6 Å². The fourth-order valence-corrected chi connectivity index (χ4v) is 4.99. The van der Waals surface area contributed by atoms with Crippen LogP contribution in [0.5, 0.6) is 0 Å². The van der Waals surface area contributed by atoms with E-state index in [9.17, 15) is 4.79 Å². The first-order chi connectivity index (χ1) is 19.4. The Labute approximate surface area is 231 Å². The summed E-state index contributed by atoms with van der Waals surface area (Å²) in [5.41, 5.74) is 10.6. The third kappa shape index (κ3) is 4.91. The van der Waals surface area contributed by atoms with Crippen molar-refractivity contribution in [3.8, 4) is 22.8 Å². The number of fused-ring (bicyclic) bond motifs is 1. The van der Waals surface area contributed by atoms with E-state index in [1.54, 1.807) is 6.20 Å². The van der Waals surface area contributed by atoms with Crippen LogP contribution in [0.25, 0.3) is 28.5 Å². The number of imidazole rings is 1. The summed E-state index contributed by atoms with van der Waals surface area (Å²) in [4.78, 5) is 40.8. The number of aryl methyl sites for hydroxylation is 2. The van der Waals surface area contributed by atoms with Gasteiger partial charge in [0.15, 0.2) is 17.3 Å². The van der Waals surface area contributed by atoms with Gasteiger partial charge in [0.1, 0.15) is 29.1 Å². The molecule has 1 fully saturated rings. The Bertz CT molecular complexity index is 1680. The summed E-state index contributed by atoms with van der Waals surface area (Å²) in [6, 6.07) is 10.2. The zero-order chi connectivity index (χ0) is 27.8. The number of nitrogens with zero attached hydrogens (tertiary/aromatic N) is 8. The van der Waals surface area contributed by atoms with Crippen molar-refractivity contribution in [3.05, 3.63) is 72.3 Å². The fourth-order valence-electron chi connectivity index (χ4n) is 4.99. The van der Waals surface area contributed by atoms with Gasteiger partial charge < -0.3 is 24.4 Å². The number of hydrogen-bond acceptors (Lipinski definition) is 10. The van der Waals surface area contributed by atoms with Crippen LogP contribution >= 0.6 is 0 Å². The Morgan fingerprint density at radius 1 is 1.10 bits per heavy atom. The largest absolute Gasteiger partial charge is 0.443 e. The Kier molecular flexibility index (Phi) is 6.72. The fraction of sp³-hybridized carbons (Fsp3) is 0.310. The molecule has 6 rings (SSSR count). The second kappa shape index (κ2) is 10.5. The highest BCUT2D eigenvalue weighted by Crippen LogP contribution is 2.31. The molecule has 0 unspecified atom stereocenters. The normalized spacial score (nSPS) is 16.1. The number of rotatable bonds is 7. The average molecular weight is 538 g/mol. The Morgan fingerprint density at radius 3 is 2.77 bits per heavy atom. The lowest BCUT2D eigenvalue weighted by Crippen LogP contribution is -2.50. The highest BCUT2D eigenvalue weighted by molar-refractivity contribution is 5.99. The van der Waals surface area contributed by atoms with Gasteiger partial charge in [-0.15, -0.1) is 0 Å². The van der Waals surface area contributed by atoms with Crippen molar-refractivity contribution >= 4 is 23.1 Å². The minimum absolute atomic E-state index is 0.0370. The van der Waals surface area contributed by atoms with Crippen LogP contribution in [-0.2, 0) is 6.42 Å². The van der Waals surface area contributed by atoms with Gasteiger partial charge in [-0.05, 0) is 51.6 Å². The summed E-state index contributed by atoms with van der Waals surface area (Å²) in [6.07, 6.45) is 7.37. The van der Waals surface area contributed by atoms with Gasteiger partial charge in [-0.3, -0.25) is 4.79 Å². The van der Waals surface area contributed by atoms with Crippen molar-refractivity contribution < 1.29 is 9.21 Å². The van der Waals surface area contributed by atoms with Crippen molar-refractivity contribution in [1.29, 1.82) is 0 Å². The molecule has 0 saturated carbocycles. The van der Waals surface area contributed by atoms with Crippen LogP contribution in [0, 0.1) is 6.92 Å². The Balaban J connectivity index is 1.28. The third-order valence-corrected chi connectivity index (χ3v) is 7.47. The van der Waals surface area contributed by atoms with Gasteiger partial charge >= 0.3 is 0 Å². The maximum Gasteiger partial charge on any atom is 0.247 e. The number of pyridine rings is 2. The number of aromatic nitrogens is 6. The summed E-state index contributed by atoms with van der Waals surface area (Å²) >= 11 is 0. The maximum atomic E-state index is 13.4. The predicted octanol–water partition coefficient (Wildman–Crippen LogP) is 3.69. The van der Waals surface area contributed by atoms with Gasteiger partial charge in [-0.2, -0.15) is 0 Å². The quantitative estimate of drug-likeness (QED) is 0.307. The van der Waals surface area contributed by atoms with Crippen LogP contribution < -0.4 is 10.6 Å². The summed E-state index contributed by atoms with van der Waals surface area (Å²) in [7, 11) is 2.15. The van der Waals surface area contributed by atoms with Gasteiger partial charge in [-0.1, -0.05) is 6.07 Å². The first kappa shape index (κ1) is 25.6. The molecule has 2 N–H and O–H groups in total. The van der Waals surface area contributed by atoms with Gasteiger partial charge in [-0.25, -0.2) is 24.9 Å². The monoisotopic (exact) mass is 537 g/mol. The van der Waals surface area contributed by atoms with Crippen LogP contribution in [0.1, 0.15) is 35.2 Å². The molecule has 0 aromatic carbocycles. The van der Waals surface area contributed by atoms with Crippen molar-refractivity contribution in [2.24, 2.45) is 0 Å². The number of piperazine rings is 1. The summed E-state index contributed by atoms with van der Waals surface area (Å²) in [5, 5.41) is 0. The minimum Gasteiger partial charge on any atom is -0.443 e. The number of likely N-dealkylation sites (N-methyl/N-ethyl adjacent to an activating group) is 1. The summed E-state index contributed by atoms with van der Waals surface area (Å²) < 4.78 is 7.48. The van der Waals surface area contributed by atoms with Crippen LogP contribution in [0.15, 0.2) is 59.6 Å². The van der Waals surface area contributed by atoms with Crippen molar-refractivity contribution in [2.45, 2.75) is 32.7 Å². The number of anilines is 2. The van der Waals surface area contributed by atoms with Gasteiger partial charge in [0.05, 0.1) is 6.20 Å². The molecule has 0 aliphatic carbocycles. The second-order valence-corrected chi connectivity index (χ2v) is 10.2. The van der Waals surface area contributed by atoms with Crippen molar-refractivity contribution in [3.63, 3.8) is 0 Å². The number of nitrogen functional groups attached to an aromatic ring is 1. The predicted molar refractivity (Wildman–Crippen MR) is 152 cm³/mol. The highest BCUT2D eigenvalue weighted by atomic mass is 16.3. The molecule has 5 aromatic heterocycles. The molecule has 1 atom stereocenters. The Hall–Kier alpha value is -4.64. The van der Waals surface area contributed by atoms with Gasteiger partial charge in [0.25, 0.3) is 0 Å². The van der Waals surface area contributed by atoms with E-state index in [-0.39, 0.29) is 29.6 Å². The minimum atomic E-state index is -0.203. The standard InChI is InChI=1S/C29H31N9O2/c1-18-15-32-23-10-7-20(17-38(18)23)25-27(29-31-11-14-40-29)35-28(30)26(34-25)22(39)9-8-21-5-4-6-24(33-21)37-13-12-36(3)19(2)16-37/h4-7,10-11,14-15,17,19H,8-9,12-13,16H2,1-3H3,(H2,30,35)/t19-/m1/s1. The van der Waals surface area contributed by atoms with E-state index in [1.807, 2.05) is 47.9 Å². The Morgan fingerprint density at radius 2 is 1.98 bits per heavy atom. The molecule has 40 heavy (non-hydrogen) atoms. The van der Waals surface area contributed by atoms with Gasteiger partial charge in [0, 0.05) is 61.4 Å². The maximum absolute atomic E-state index is 13.4. The van der Waals surface area contributed by atoms with E-state index >= 15 is 0 Å². The third-order valence-electron chi connectivity index (χ3n) is 7.47. The molecule has 0 spiro atoms. The number of carbonyl (C=O) groups excluding carboxylic acids is 1. The van der Waals surface area contributed by atoms with E-state index in [0.717, 1.165) is 48.1 Å². The van der Waals surface area contributed by atoms with E-state index in [4.69, 9.17) is 20.1 Å². The van der Waals surface area contributed by atoms with Gasteiger partial charge in [0.2, 0.25) is 5.89 Å². The van der Waals surface area contributed by atoms with Crippen molar-refractivity contribution in [2.75, 3.05) is 37.3 Å². The van der Waals surface area contributed by atoms with E-state index in [1.165, 1.54) is 12.5 Å². The SMILES string of the molecule is Cc1cnc2ccc(-c3nc(C(=O)CCc4cccc(N5CCN(C)[C@H](C)C5)n4)c(N)nc3-c3ncco3)cn12. The summed E-state index contributed by atoms with van der Waals surface area (Å²) in [5.74, 6) is 1.04. The first-order valence-corrected chi connectivity index (χ1v) is 13.3. The number of ketones is 1. The van der Waals surface area contributed by atoms with E-state index in [0.29, 0.717) is 23.9 Å². The van der Waals surface area contributed by atoms with Crippen LogP contribution in [-0.4, -0.2) is 72.7 Å². The number of Topliss-reactive ketones (excluding diaryl/α,β-unsaturated/α-hetero) is 1. The first-order valence-electron chi connectivity index (χ1n) is 13.3. The van der Waals surface area contributed by atoms with E-state index in [2.05, 4.69) is 38.7 Å². The molecule has 11 heteroatoms. The second-order valence-electron chi connectivity index (χ2n) is 10.2. The molecule has 1 saturated heterocycles. The average Bonchev–Trinajstić information content (AvgIpc) is 3.63. The molecule has 5 aromatic rings. The van der Waals surface area contributed by atoms with E-state index < -0.39 is 0 Å². The molecular formula is C29H31N9O2. The highest BCUT2D eigenvalue weighted by Gasteiger charge is 2.24. The molecular weight excluding hydrogens is 506 g/mol. The summed E-state index contributed by atoms with van der Waals surface area (Å²) in [6.45, 7) is 7.02. The lowest BCUT2D eigenvalue weighted by Gasteiger charge is -2.38. The zero-order valence-corrected chi connectivity index (χ0v) is 22.8. The molecule has 6 heterocycles. The molecule has 0 radical (unpaired) electrons. The molecule has 0 bridgehead atoms. The zero-order valence-electron chi connectivity index (χ0n) is 22.8. The number of nitrogens with two attached hydrogens (primary N) is 1. The molecule has 0 amide bonds. The smallest absolute Gasteiger partial charge is 0.247 e. The van der Waals surface area contributed by atoms with Crippen molar-refractivity contribution in [1.82, 2.24) is 34.2 Å². The molecule has 1 aliphatic rings. The van der Waals surface area contributed by atoms with Crippen LogP contribution in [0.2, 0.25) is 0 Å². The number of hydrogen-bond donors (Lipinski definition) is 1. The molecule has 11 nitrogen and oxygen atoms in total. The molecule has 1 aliphatic heterocycles. The lowest BCUT2D eigenvalue weighted by atomic mass is 10.1. The number of carbonyl (C=O) groups is 1. The topological polar surface area (TPSA) is 132 Å². The number of oxazole rings is 1. The molecule has 204 valence electrons. The lowest BCUT2D eigenvalue weighted by molar-refractivity contribution is 0.0978.